The summed E-state index contributed by atoms with van der Waals surface area (Å²) in [7, 11) is 0. The zero-order valence-corrected chi connectivity index (χ0v) is 13.6. The molecule has 126 valence electrons. The average molecular weight is 403 g/mol. The van der Waals surface area contributed by atoms with E-state index in [4.69, 9.17) is 0 Å². The van der Waals surface area contributed by atoms with Crippen LogP contribution in [-0.4, -0.2) is 29.4 Å². The van der Waals surface area contributed by atoms with E-state index in [1.165, 1.54) is 18.2 Å². The van der Waals surface area contributed by atoms with E-state index in [0.717, 1.165) is 15.4 Å². The van der Waals surface area contributed by atoms with Crippen molar-refractivity contribution in [1.82, 2.24) is 0 Å². The smallest absolute Gasteiger partial charge is 0.361 e. The summed E-state index contributed by atoms with van der Waals surface area (Å²) in [4.78, 5) is 4.67. The van der Waals surface area contributed by atoms with Gasteiger partial charge in [0.15, 0.2) is 0 Å². The number of alkyl halides is 3. The Labute approximate surface area is 143 Å². The van der Waals surface area contributed by atoms with Crippen molar-refractivity contribution in [2.75, 3.05) is 11.4 Å². The lowest BCUT2D eigenvalue weighted by Crippen LogP contribution is -2.47. The van der Waals surface area contributed by atoms with E-state index >= 15 is 0 Å². The number of β-amino-alcohol motifs (C(OH)–C–C–N with tert-alkyl or cyclic N) is 1. The molecule has 3 rings (SSSR count). The van der Waals surface area contributed by atoms with Crippen LogP contribution in [-0.2, 0) is 0 Å². The largest absolute Gasteiger partial charge is 0.440 e. The van der Waals surface area contributed by atoms with Gasteiger partial charge in [-0.05, 0) is 30.3 Å². The highest BCUT2D eigenvalue weighted by atomic mass is 79.9. The molecule has 1 atom stereocenters. The summed E-state index contributed by atoms with van der Waals surface area (Å²) < 4.78 is 53.8. The van der Waals surface area contributed by atoms with Gasteiger partial charge in [0.2, 0.25) is 0 Å². The molecular weight excluding hydrogens is 392 g/mol. The average Bonchev–Trinajstić information content (AvgIpc) is 2.87. The molecule has 0 bridgehead atoms. The molecule has 1 unspecified atom stereocenters. The standard InChI is InChI=1S/C16H11BrF4N2O/c17-11-6-4-10(5-7-11)14-22-15(24,16(19,20)21)9-23(14)13-3-1-2-12(18)8-13/h1-8,24H,9H2. The molecule has 1 aliphatic heterocycles. The predicted octanol–water partition coefficient (Wildman–Crippen LogP) is 4.11. The highest BCUT2D eigenvalue weighted by molar-refractivity contribution is 9.10. The van der Waals surface area contributed by atoms with Crippen molar-refractivity contribution in [1.29, 1.82) is 0 Å². The van der Waals surface area contributed by atoms with E-state index < -0.39 is 24.3 Å². The van der Waals surface area contributed by atoms with Crippen molar-refractivity contribution in [3.63, 3.8) is 0 Å². The quantitative estimate of drug-likeness (QED) is 0.767. The van der Waals surface area contributed by atoms with Gasteiger partial charge in [-0.1, -0.05) is 34.1 Å². The van der Waals surface area contributed by atoms with Gasteiger partial charge in [0.1, 0.15) is 11.7 Å². The summed E-state index contributed by atoms with van der Waals surface area (Å²) in [5, 5.41) is 9.96. The Hall–Kier alpha value is -1.93. The molecular formula is C16H11BrF4N2O. The Kier molecular flexibility index (Phi) is 4.13. The first-order chi connectivity index (χ1) is 11.2. The Morgan fingerprint density at radius 2 is 1.79 bits per heavy atom. The van der Waals surface area contributed by atoms with Gasteiger partial charge >= 0.3 is 6.18 Å². The minimum absolute atomic E-state index is 0.0760. The van der Waals surface area contributed by atoms with Crippen LogP contribution in [0.3, 0.4) is 0 Å². The molecule has 2 aromatic carbocycles. The van der Waals surface area contributed by atoms with Gasteiger partial charge in [-0.3, -0.25) is 0 Å². The Morgan fingerprint density at radius 1 is 1.12 bits per heavy atom. The zero-order chi connectivity index (χ0) is 17.5. The van der Waals surface area contributed by atoms with E-state index in [1.54, 1.807) is 24.3 Å². The third-order valence-electron chi connectivity index (χ3n) is 3.60. The van der Waals surface area contributed by atoms with Crippen molar-refractivity contribution < 1.29 is 22.7 Å². The number of aliphatic imine (C=N–C) groups is 1. The van der Waals surface area contributed by atoms with E-state index in [9.17, 15) is 22.7 Å². The number of amidine groups is 1. The molecule has 2 aromatic rings. The van der Waals surface area contributed by atoms with Gasteiger partial charge in [0.05, 0.1) is 6.54 Å². The summed E-state index contributed by atoms with van der Waals surface area (Å²) >= 11 is 3.25. The Bertz CT molecular complexity index is 791. The Balaban J connectivity index is 2.11. The molecule has 0 spiro atoms. The van der Waals surface area contributed by atoms with Gasteiger partial charge in [0.25, 0.3) is 5.72 Å². The molecule has 1 aliphatic rings. The van der Waals surface area contributed by atoms with Gasteiger partial charge in [-0.15, -0.1) is 0 Å². The van der Waals surface area contributed by atoms with Crippen LogP contribution >= 0.6 is 15.9 Å². The molecule has 0 saturated heterocycles. The summed E-state index contributed by atoms with van der Waals surface area (Å²) in [5.41, 5.74) is -2.69. The second-order valence-corrected chi connectivity index (χ2v) is 6.24. The van der Waals surface area contributed by atoms with Crippen molar-refractivity contribution in [2.24, 2.45) is 4.99 Å². The summed E-state index contributed by atoms with van der Waals surface area (Å²) in [5.74, 6) is -0.668. The Morgan fingerprint density at radius 3 is 2.38 bits per heavy atom. The van der Waals surface area contributed by atoms with Crippen LogP contribution in [0.15, 0.2) is 58.0 Å². The number of hydrogen-bond donors (Lipinski definition) is 1. The van der Waals surface area contributed by atoms with E-state index in [0.29, 0.717) is 5.56 Å². The van der Waals surface area contributed by atoms with Crippen molar-refractivity contribution >= 4 is 27.5 Å². The first kappa shape index (κ1) is 16.9. The fourth-order valence-electron chi connectivity index (χ4n) is 2.40. The van der Waals surface area contributed by atoms with Crippen molar-refractivity contribution in [3.05, 3.63) is 64.4 Å². The van der Waals surface area contributed by atoms with Gasteiger partial charge in [-0.25, -0.2) is 9.38 Å². The highest BCUT2D eigenvalue weighted by Gasteiger charge is 2.58. The third-order valence-corrected chi connectivity index (χ3v) is 4.13. The molecule has 0 aromatic heterocycles. The maximum absolute atomic E-state index is 13.5. The molecule has 0 aliphatic carbocycles. The maximum atomic E-state index is 13.5. The van der Waals surface area contributed by atoms with E-state index in [1.807, 2.05) is 0 Å². The SMILES string of the molecule is OC1(C(F)(F)F)CN(c2cccc(F)c2)C(c2ccc(Br)cc2)=N1. The van der Waals surface area contributed by atoms with Gasteiger partial charge in [-0.2, -0.15) is 13.2 Å². The van der Waals surface area contributed by atoms with Crippen molar-refractivity contribution in [2.45, 2.75) is 11.9 Å². The molecule has 8 heteroatoms. The number of benzene rings is 2. The first-order valence-electron chi connectivity index (χ1n) is 6.88. The lowest BCUT2D eigenvalue weighted by molar-refractivity contribution is -0.249. The molecule has 1 heterocycles. The van der Waals surface area contributed by atoms with Crippen LogP contribution < -0.4 is 4.90 Å². The van der Waals surface area contributed by atoms with Crippen LogP contribution in [0.25, 0.3) is 0 Å². The first-order valence-corrected chi connectivity index (χ1v) is 7.67. The number of halogens is 5. The van der Waals surface area contributed by atoms with Crippen LogP contribution in [0.1, 0.15) is 5.56 Å². The minimum Gasteiger partial charge on any atom is -0.361 e. The van der Waals surface area contributed by atoms with Crippen LogP contribution in [0.4, 0.5) is 23.2 Å². The number of anilines is 1. The fraction of sp³-hybridized carbons (Fsp3) is 0.188. The summed E-state index contributed by atoms with van der Waals surface area (Å²) in [6.45, 7) is -0.842. The van der Waals surface area contributed by atoms with E-state index in [-0.39, 0.29) is 11.5 Å². The van der Waals surface area contributed by atoms with Crippen LogP contribution in [0, 0.1) is 5.82 Å². The van der Waals surface area contributed by atoms with Crippen LogP contribution in [0.2, 0.25) is 0 Å². The second-order valence-electron chi connectivity index (χ2n) is 5.32. The molecule has 3 nitrogen and oxygen atoms in total. The molecule has 24 heavy (non-hydrogen) atoms. The highest BCUT2D eigenvalue weighted by Crippen LogP contribution is 2.38. The normalized spacial score (nSPS) is 21.1. The fourth-order valence-corrected chi connectivity index (χ4v) is 2.66. The number of nitrogens with zero attached hydrogens (tertiary/aromatic N) is 2. The lowest BCUT2D eigenvalue weighted by Gasteiger charge is -2.25. The predicted molar refractivity (Wildman–Crippen MR) is 85.4 cm³/mol. The third kappa shape index (κ3) is 3.03. The molecule has 0 saturated carbocycles. The summed E-state index contributed by atoms with van der Waals surface area (Å²) in [6, 6.07) is 11.5. The lowest BCUT2D eigenvalue weighted by atomic mass is 10.1. The zero-order valence-electron chi connectivity index (χ0n) is 12.1. The monoisotopic (exact) mass is 402 g/mol. The maximum Gasteiger partial charge on any atom is 0.440 e. The topological polar surface area (TPSA) is 35.8 Å². The molecule has 0 fully saturated rings. The minimum atomic E-state index is -4.95. The molecule has 0 amide bonds. The number of rotatable bonds is 2. The molecule has 1 N–H and O–H groups in total. The van der Waals surface area contributed by atoms with Gasteiger partial charge < -0.3 is 10.0 Å². The summed E-state index contributed by atoms with van der Waals surface area (Å²) in [6.07, 6.45) is -4.95. The van der Waals surface area contributed by atoms with E-state index in [2.05, 4.69) is 20.9 Å². The number of hydrogen-bond acceptors (Lipinski definition) is 3. The number of aliphatic hydroxyl groups is 1. The van der Waals surface area contributed by atoms with Gasteiger partial charge in [0, 0.05) is 15.7 Å². The molecule has 0 radical (unpaired) electrons. The second kappa shape index (κ2) is 5.86. The van der Waals surface area contributed by atoms with Crippen molar-refractivity contribution in [3.8, 4) is 0 Å². The van der Waals surface area contributed by atoms with Crippen LogP contribution in [0.5, 0.6) is 0 Å².